The average Bonchev–Trinajstić information content (AvgIpc) is 2.45. The van der Waals surface area contributed by atoms with E-state index in [9.17, 15) is 4.79 Å². The summed E-state index contributed by atoms with van der Waals surface area (Å²) in [4.78, 5) is 11.7. The number of ether oxygens (including phenoxy) is 1. The van der Waals surface area contributed by atoms with E-state index in [2.05, 4.69) is 5.32 Å². The molecule has 0 bridgehead atoms. The summed E-state index contributed by atoms with van der Waals surface area (Å²) in [6.45, 7) is 0.930. The van der Waals surface area contributed by atoms with E-state index in [0.717, 1.165) is 11.3 Å². The normalized spacial score (nSPS) is 10.1. The zero-order valence-electron chi connectivity index (χ0n) is 11.0. The number of hydrogen-bond donors (Lipinski definition) is 1. The van der Waals surface area contributed by atoms with Gasteiger partial charge in [-0.15, -0.1) is 0 Å². The van der Waals surface area contributed by atoms with Gasteiger partial charge in [0.1, 0.15) is 12.4 Å². The number of carbonyl (C=O) groups is 1. The number of carbonyl (C=O) groups excluding carboxylic acids is 1. The Morgan fingerprint density at radius 3 is 2.65 bits per heavy atom. The Hall–Kier alpha value is -2.00. The van der Waals surface area contributed by atoms with Crippen molar-refractivity contribution in [3.63, 3.8) is 0 Å². The predicted octanol–water partition coefficient (Wildman–Crippen LogP) is 3.08. The van der Waals surface area contributed by atoms with Gasteiger partial charge in [0, 0.05) is 5.02 Å². The van der Waals surface area contributed by atoms with E-state index in [4.69, 9.17) is 16.3 Å². The van der Waals surface area contributed by atoms with Gasteiger partial charge >= 0.3 is 0 Å². The third-order valence-corrected chi connectivity index (χ3v) is 2.92. The summed E-state index contributed by atoms with van der Waals surface area (Å²) in [5.41, 5.74) is 0.902. The van der Waals surface area contributed by atoms with Gasteiger partial charge in [0.15, 0.2) is 0 Å². The van der Waals surface area contributed by atoms with Gasteiger partial charge in [-0.2, -0.15) is 0 Å². The molecule has 0 saturated carbocycles. The molecule has 0 aliphatic rings. The quantitative estimate of drug-likeness (QED) is 0.830. The van der Waals surface area contributed by atoms with Crippen molar-refractivity contribution in [2.24, 2.45) is 0 Å². The summed E-state index contributed by atoms with van der Waals surface area (Å²) in [5.74, 6) is 0.764. The number of benzene rings is 2. The highest BCUT2D eigenvalue weighted by atomic mass is 35.5. The Labute approximate surface area is 123 Å². The van der Waals surface area contributed by atoms with E-state index in [1.54, 1.807) is 12.1 Å². The van der Waals surface area contributed by atoms with E-state index >= 15 is 0 Å². The molecule has 2 aromatic rings. The molecule has 0 fully saturated rings. The lowest BCUT2D eigenvalue weighted by Crippen LogP contribution is -2.29. The molecular weight excluding hydrogens is 274 g/mol. The van der Waals surface area contributed by atoms with Gasteiger partial charge < -0.3 is 10.1 Å². The molecule has 2 rings (SSSR count). The Morgan fingerprint density at radius 2 is 1.90 bits per heavy atom. The van der Waals surface area contributed by atoms with Gasteiger partial charge in [0.25, 0.3) is 0 Å². The predicted molar refractivity (Wildman–Crippen MR) is 80.1 cm³/mol. The first-order chi connectivity index (χ1) is 9.74. The van der Waals surface area contributed by atoms with Crippen LogP contribution in [-0.2, 0) is 11.2 Å². The maximum atomic E-state index is 11.7. The Bertz CT molecular complexity index is 557. The largest absolute Gasteiger partial charge is 0.492 e. The number of hydrogen-bond acceptors (Lipinski definition) is 2. The number of para-hydroxylation sites is 1. The van der Waals surface area contributed by atoms with Crippen LogP contribution < -0.4 is 10.1 Å². The molecule has 0 heterocycles. The minimum atomic E-state index is -0.0380. The van der Waals surface area contributed by atoms with Crippen molar-refractivity contribution in [3.05, 3.63) is 65.2 Å². The maximum absolute atomic E-state index is 11.7. The van der Waals surface area contributed by atoms with Crippen molar-refractivity contribution in [1.82, 2.24) is 5.32 Å². The number of nitrogens with one attached hydrogen (secondary N) is 1. The van der Waals surface area contributed by atoms with Crippen molar-refractivity contribution in [2.75, 3.05) is 13.2 Å². The van der Waals surface area contributed by atoms with Gasteiger partial charge in [-0.25, -0.2) is 0 Å². The second-order valence-electron chi connectivity index (χ2n) is 4.32. The fourth-order valence-corrected chi connectivity index (χ4v) is 1.98. The molecule has 0 aromatic heterocycles. The van der Waals surface area contributed by atoms with Crippen molar-refractivity contribution in [1.29, 1.82) is 0 Å². The summed E-state index contributed by atoms with van der Waals surface area (Å²) < 4.78 is 5.49. The fourth-order valence-electron chi connectivity index (χ4n) is 1.77. The molecule has 0 radical (unpaired) electrons. The zero-order chi connectivity index (χ0) is 14.2. The van der Waals surface area contributed by atoms with Crippen LogP contribution in [-0.4, -0.2) is 19.1 Å². The molecule has 0 aliphatic heterocycles. The Morgan fingerprint density at radius 1 is 1.10 bits per heavy atom. The van der Waals surface area contributed by atoms with E-state index in [-0.39, 0.29) is 5.91 Å². The van der Waals surface area contributed by atoms with Crippen molar-refractivity contribution >= 4 is 17.5 Å². The second-order valence-corrected chi connectivity index (χ2v) is 4.75. The number of halogens is 1. The molecule has 1 N–H and O–H groups in total. The molecule has 104 valence electrons. The van der Waals surface area contributed by atoms with Crippen LogP contribution in [0, 0.1) is 0 Å². The van der Waals surface area contributed by atoms with Crippen LogP contribution in [0.1, 0.15) is 5.56 Å². The van der Waals surface area contributed by atoms with Crippen LogP contribution in [0.3, 0.4) is 0 Å². The summed E-state index contributed by atoms with van der Waals surface area (Å²) in [5, 5.41) is 3.46. The molecule has 2 aromatic carbocycles. The first-order valence-corrected chi connectivity index (χ1v) is 6.81. The van der Waals surface area contributed by atoms with Crippen LogP contribution in [0.25, 0.3) is 0 Å². The first kappa shape index (κ1) is 14.4. The standard InChI is InChI=1S/C16H16ClNO2/c17-14-6-4-5-13(11-14)12-16(19)18-9-10-20-15-7-2-1-3-8-15/h1-8,11H,9-10,12H2,(H,18,19). The molecular formula is C16H16ClNO2. The van der Waals surface area contributed by atoms with Crippen LogP contribution in [0.4, 0.5) is 0 Å². The van der Waals surface area contributed by atoms with Crippen molar-refractivity contribution < 1.29 is 9.53 Å². The highest BCUT2D eigenvalue weighted by molar-refractivity contribution is 6.30. The maximum Gasteiger partial charge on any atom is 0.224 e. The summed E-state index contributed by atoms with van der Waals surface area (Å²) in [7, 11) is 0. The number of amides is 1. The van der Waals surface area contributed by atoms with Crippen LogP contribution in [0.15, 0.2) is 54.6 Å². The van der Waals surface area contributed by atoms with Gasteiger partial charge in [0.05, 0.1) is 13.0 Å². The number of rotatable bonds is 6. The van der Waals surface area contributed by atoms with Gasteiger partial charge in [-0.3, -0.25) is 4.79 Å². The Balaban J connectivity index is 1.68. The lowest BCUT2D eigenvalue weighted by atomic mass is 10.1. The Kier molecular flexibility index (Phi) is 5.44. The molecule has 1 amide bonds. The van der Waals surface area contributed by atoms with E-state index in [1.165, 1.54) is 0 Å². The van der Waals surface area contributed by atoms with Crippen LogP contribution in [0.5, 0.6) is 5.75 Å². The third-order valence-electron chi connectivity index (χ3n) is 2.69. The minimum absolute atomic E-state index is 0.0380. The summed E-state index contributed by atoms with van der Waals surface area (Å²) >= 11 is 5.87. The van der Waals surface area contributed by atoms with Gasteiger partial charge in [-0.05, 0) is 29.8 Å². The van der Waals surface area contributed by atoms with E-state index < -0.39 is 0 Å². The monoisotopic (exact) mass is 289 g/mol. The highest BCUT2D eigenvalue weighted by Crippen LogP contribution is 2.11. The SMILES string of the molecule is O=C(Cc1cccc(Cl)c1)NCCOc1ccccc1. The smallest absolute Gasteiger partial charge is 0.224 e. The van der Waals surface area contributed by atoms with Crippen molar-refractivity contribution in [3.8, 4) is 5.75 Å². The summed E-state index contributed by atoms with van der Waals surface area (Å²) in [6.07, 6.45) is 0.325. The topological polar surface area (TPSA) is 38.3 Å². The average molecular weight is 290 g/mol. The molecule has 0 unspecified atom stereocenters. The second kappa shape index (κ2) is 7.56. The van der Waals surface area contributed by atoms with E-state index in [1.807, 2.05) is 42.5 Å². The lowest BCUT2D eigenvalue weighted by molar-refractivity contribution is -0.120. The molecule has 20 heavy (non-hydrogen) atoms. The fraction of sp³-hybridized carbons (Fsp3) is 0.188. The van der Waals surface area contributed by atoms with Crippen LogP contribution >= 0.6 is 11.6 Å². The molecule has 0 saturated heterocycles. The molecule has 0 atom stereocenters. The van der Waals surface area contributed by atoms with Gasteiger partial charge in [0.2, 0.25) is 5.91 Å². The van der Waals surface area contributed by atoms with E-state index in [0.29, 0.717) is 24.6 Å². The minimum Gasteiger partial charge on any atom is -0.492 e. The van der Waals surface area contributed by atoms with Crippen LogP contribution in [0.2, 0.25) is 5.02 Å². The molecule has 0 aliphatic carbocycles. The molecule has 0 spiro atoms. The zero-order valence-corrected chi connectivity index (χ0v) is 11.8. The lowest BCUT2D eigenvalue weighted by Gasteiger charge is -2.07. The first-order valence-electron chi connectivity index (χ1n) is 6.43. The van der Waals surface area contributed by atoms with Gasteiger partial charge in [-0.1, -0.05) is 41.9 Å². The van der Waals surface area contributed by atoms with Crippen molar-refractivity contribution in [2.45, 2.75) is 6.42 Å². The highest BCUT2D eigenvalue weighted by Gasteiger charge is 2.03. The molecule has 4 heteroatoms. The third kappa shape index (κ3) is 4.94. The summed E-state index contributed by atoms with van der Waals surface area (Å²) in [6, 6.07) is 16.8. The molecule has 3 nitrogen and oxygen atoms in total.